The van der Waals surface area contributed by atoms with E-state index in [0.717, 1.165) is 24.7 Å². The van der Waals surface area contributed by atoms with Gasteiger partial charge >= 0.3 is 12.6 Å². The second kappa shape index (κ2) is 3.47. The van der Waals surface area contributed by atoms with Crippen molar-refractivity contribution in [2.75, 3.05) is 0 Å². The maximum atomic E-state index is 12.1. The summed E-state index contributed by atoms with van der Waals surface area (Å²) in [5.41, 5.74) is -0.861. The van der Waals surface area contributed by atoms with E-state index in [1.807, 2.05) is 0 Å². The maximum Gasteiger partial charge on any atom is 0.423 e. The number of hydrogen-bond acceptors (Lipinski definition) is 2. The highest BCUT2D eigenvalue weighted by Gasteiger charge is 2.30. The molecule has 0 unspecified atom stereocenters. The van der Waals surface area contributed by atoms with Crippen LogP contribution in [-0.4, -0.2) is 6.47 Å². The first-order valence-corrected chi connectivity index (χ1v) is 3.25. The van der Waals surface area contributed by atoms with Crippen LogP contribution in [0.5, 0.6) is 5.75 Å². The monoisotopic (exact) mass is 189 g/mol. The first-order valence-electron chi connectivity index (χ1n) is 3.25. The summed E-state index contributed by atoms with van der Waals surface area (Å²) < 4.78 is 40.3. The van der Waals surface area contributed by atoms with E-state index in [4.69, 9.17) is 0 Å². The molecule has 69 valence electrons. The first-order chi connectivity index (χ1) is 6.04. The second-order valence-electron chi connectivity index (χ2n) is 2.21. The summed E-state index contributed by atoms with van der Waals surface area (Å²) in [7, 11) is 0. The van der Waals surface area contributed by atoms with Gasteiger partial charge in [0.2, 0.25) is 0 Å². The molecule has 0 saturated carbocycles. The van der Waals surface area contributed by atoms with Gasteiger partial charge in [0.25, 0.3) is 0 Å². The van der Waals surface area contributed by atoms with Gasteiger partial charge in [-0.3, -0.25) is 0 Å². The summed E-state index contributed by atoms with van der Waals surface area (Å²) in [5.74, 6) is -0.176. The Kier molecular flexibility index (Phi) is 2.55. The quantitative estimate of drug-likeness (QED) is 0.712. The number of halogens is 3. The Hall–Kier alpha value is -1.52. The lowest BCUT2D eigenvalue weighted by Gasteiger charge is -2.06. The van der Waals surface area contributed by atoms with Crippen molar-refractivity contribution >= 4 is 6.47 Å². The number of ether oxygens (including phenoxy) is 1. The molecule has 0 spiro atoms. The van der Waals surface area contributed by atoms with Crippen LogP contribution in [0.15, 0.2) is 24.3 Å². The minimum Gasteiger partial charge on any atom is -0.418 e. The molecule has 0 N–H and O–H groups in total. The minimum atomic E-state index is -4.43. The number of alkyl halides is 3. The van der Waals surface area contributed by atoms with Crippen molar-refractivity contribution in [2.24, 2.45) is 0 Å². The van der Waals surface area contributed by atoms with Crippen molar-refractivity contribution in [3.05, 3.63) is 29.8 Å². The van der Waals surface area contributed by atoms with Crippen LogP contribution in [0.4, 0.5) is 13.2 Å². The van der Waals surface area contributed by atoms with Gasteiger partial charge in [-0.1, -0.05) is 6.07 Å². The highest BCUT2D eigenvalue weighted by molar-refractivity contribution is 5.46. The van der Waals surface area contributed by atoms with Crippen LogP contribution >= 0.6 is 0 Å². The van der Waals surface area contributed by atoms with Crippen molar-refractivity contribution in [1.29, 1.82) is 0 Å². The highest BCUT2D eigenvalue weighted by Crippen LogP contribution is 2.30. The van der Waals surface area contributed by atoms with Gasteiger partial charge in [0.15, 0.2) is 0 Å². The molecule has 0 aliphatic heterocycles. The van der Waals surface area contributed by atoms with E-state index in [-0.39, 0.29) is 5.75 Å². The largest absolute Gasteiger partial charge is 0.423 e. The molecule has 0 bridgehead atoms. The third-order valence-electron chi connectivity index (χ3n) is 1.32. The number of rotatable bonds is 2. The van der Waals surface area contributed by atoms with E-state index in [0.29, 0.717) is 0 Å². The zero-order chi connectivity index (χ0) is 9.90. The topological polar surface area (TPSA) is 26.3 Å². The molecule has 1 radical (unpaired) electrons. The average Bonchev–Trinajstić information content (AvgIpc) is 2.04. The van der Waals surface area contributed by atoms with E-state index in [2.05, 4.69) is 4.74 Å². The summed E-state index contributed by atoms with van der Waals surface area (Å²) in [6, 6.07) is 4.00. The van der Waals surface area contributed by atoms with Gasteiger partial charge < -0.3 is 4.74 Å². The molecule has 0 aliphatic rings. The molecule has 0 aromatic heterocycles. The Morgan fingerprint density at radius 1 is 1.31 bits per heavy atom. The fraction of sp³-hybridized carbons (Fsp3) is 0.125. The molecule has 13 heavy (non-hydrogen) atoms. The normalized spacial score (nSPS) is 11.0. The Morgan fingerprint density at radius 3 is 2.54 bits per heavy atom. The van der Waals surface area contributed by atoms with Crippen LogP contribution in [0.1, 0.15) is 5.56 Å². The fourth-order valence-corrected chi connectivity index (χ4v) is 0.784. The lowest BCUT2D eigenvalue weighted by molar-refractivity contribution is -0.137. The van der Waals surface area contributed by atoms with Crippen LogP contribution in [0.3, 0.4) is 0 Å². The Labute approximate surface area is 71.9 Å². The van der Waals surface area contributed by atoms with Crippen molar-refractivity contribution in [2.45, 2.75) is 6.18 Å². The van der Waals surface area contributed by atoms with Gasteiger partial charge in [0.1, 0.15) is 5.75 Å². The molecular weight excluding hydrogens is 185 g/mol. The lowest BCUT2D eigenvalue weighted by Crippen LogP contribution is -2.04. The predicted molar refractivity (Wildman–Crippen MR) is 37.8 cm³/mol. The van der Waals surface area contributed by atoms with Crippen LogP contribution < -0.4 is 4.74 Å². The molecule has 2 nitrogen and oxygen atoms in total. The Balaban J connectivity index is 2.98. The van der Waals surface area contributed by atoms with E-state index in [1.54, 1.807) is 0 Å². The molecule has 1 aromatic rings. The zero-order valence-electron chi connectivity index (χ0n) is 6.26. The van der Waals surface area contributed by atoms with E-state index >= 15 is 0 Å². The summed E-state index contributed by atoms with van der Waals surface area (Å²) in [6.07, 6.45) is -4.43. The average molecular weight is 189 g/mol. The van der Waals surface area contributed by atoms with Crippen molar-refractivity contribution < 1.29 is 22.7 Å². The summed E-state index contributed by atoms with van der Waals surface area (Å²) in [4.78, 5) is 9.71. The predicted octanol–water partition coefficient (Wildman–Crippen LogP) is 2.15. The Bertz CT molecular complexity index is 307. The molecule has 1 rings (SSSR count). The van der Waals surface area contributed by atoms with Gasteiger partial charge in [-0.05, 0) is 18.2 Å². The van der Waals surface area contributed by atoms with E-state index in [1.165, 1.54) is 6.07 Å². The summed E-state index contributed by atoms with van der Waals surface area (Å²) in [6.45, 7) is 1.05. The van der Waals surface area contributed by atoms with Gasteiger partial charge in [0, 0.05) is 0 Å². The molecule has 1 aromatic carbocycles. The lowest BCUT2D eigenvalue weighted by atomic mass is 10.2. The molecule has 0 aliphatic carbocycles. The molecule has 0 amide bonds. The molecule has 0 heterocycles. The van der Waals surface area contributed by atoms with E-state index < -0.39 is 11.7 Å². The smallest absolute Gasteiger partial charge is 0.418 e. The first kappa shape index (κ1) is 9.57. The van der Waals surface area contributed by atoms with Crippen LogP contribution in [0.2, 0.25) is 0 Å². The van der Waals surface area contributed by atoms with Crippen LogP contribution in [0, 0.1) is 0 Å². The molecule has 0 saturated heterocycles. The summed E-state index contributed by atoms with van der Waals surface area (Å²) >= 11 is 0. The van der Waals surface area contributed by atoms with Gasteiger partial charge in [-0.15, -0.1) is 0 Å². The third-order valence-corrected chi connectivity index (χ3v) is 1.32. The zero-order valence-corrected chi connectivity index (χ0v) is 6.26. The fourth-order valence-electron chi connectivity index (χ4n) is 0.784. The number of carbonyl (C=O) groups excluding carboxylic acids is 1. The van der Waals surface area contributed by atoms with Gasteiger partial charge in [-0.2, -0.15) is 13.2 Å². The molecule has 5 heteroatoms. The summed E-state index contributed by atoms with van der Waals surface area (Å²) in [5, 5.41) is 0. The van der Waals surface area contributed by atoms with Crippen LogP contribution in [-0.2, 0) is 11.0 Å². The Morgan fingerprint density at radius 2 is 2.00 bits per heavy atom. The maximum absolute atomic E-state index is 12.1. The minimum absolute atomic E-state index is 0.176. The van der Waals surface area contributed by atoms with Gasteiger partial charge in [-0.25, -0.2) is 4.79 Å². The SMILES string of the molecule is O=[C]Oc1cccc(C(F)(F)F)c1. The number of hydrogen-bond donors (Lipinski definition) is 0. The highest BCUT2D eigenvalue weighted by atomic mass is 19.4. The molecule has 0 atom stereocenters. The van der Waals surface area contributed by atoms with Crippen molar-refractivity contribution in [3.8, 4) is 5.75 Å². The second-order valence-corrected chi connectivity index (χ2v) is 2.21. The van der Waals surface area contributed by atoms with Crippen LogP contribution in [0.25, 0.3) is 0 Å². The van der Waals surface area contributed by atoms with E-state index in [9.17, 15) is 18.0 Å². The standard InChI is InChI=1S/C8H4F3O2/c9-8(10,11)6-2-1-3-7(4-6)13-5-12/h1-4H. The molecular formula is C8H4F3O2. The number of benzene rings is 1. The van der Waals surface area contributed by atoms with Gasteiger partial charge in [0.05, 0.1) is 5.56 Å². The molecule has 0 fully saturated rings. The van der Waals surface area contributed by atoms with Crippen molar-refractivity contribution in [1.82, 2.24) is 0 Å². The van der Waals surface area contributed by atoms with Crippen molar-refractivity contribution in [3.63, 3.8) is 0 Å². The third kappa shape index (κ3) is 2.47.